The zero-order valence-corrected chi connectivity index (χ0v) is 11.7. The molecule has 0 aromatic heterocycles. The standard InChI is InChI=1S/C13H27NO4/c1-3-12(6-7-14)4-5-13(15)18-11-10-17-9-8-16-2/h12H,3-11,14H2,1-2H3. The minimum atomic E-state index is -0.152. The predicted octanol–water partition coefficient (Wildman–Crippen LogP) is 1.35. The van der Waals surface area contributed by atoms with Crippen molar-refractivity contribution >= 4 is 5.97 Å². The zero-order chi connectivity index (χ0) is 13.6. The molecule has 0 spiro atoms. The number of rotatable bonds is 12. The quantitative estimate of drug-likeness (QED) is 0.424. The molecule has 1 unspecified atom stereocenters. The fraction of sp³-hybridized carbons (Fsp3) is 0.923. The molecule has 108 valence electrons. The second-order valence-corrected chi connectivity index (χ2v) is 4.22. The largest absolute Gasteiger partial charge is 0.463 e. The van der Waals surface area contributed by atoms with Crippen LogP contribution in [-0.2, 0) is 19.0 Å². The maximum Gasteiger partial charge on any atom is 0.305 e. The van der Waals surface area contributed by atoms with Crippen LogP contribution in [0.4, 0.5) is 0 Å². The molecule has 0 aliphatic rings. The summed E-state index contributed by atoms with van der Waals surface area (Å²) < 4.78 is 15.1. The summed E-state index contributed by atoms with van der Waals surface area (Å²) >= 11 is 0. The Morgan fingerprint density at radius 3 is 2.50 bits per heavy atom. The molecule has 5 heteroatoms. The van der Waals surface area contributed by atoms with E-state index in [4.69, 9.17) is 19.9 Å². The Hall–Kier alpha value is -0.650. The molecule has 0 radical (unpaired) electrons. The minimum Gasteiger partial charge on any atom is -0.463 e. The summed E-state index contributed by atoms with van der Waals surface area (Å²) in [6, 6.07) is 0. The molecular formula is C13H27NO4. The highest BCUT2D eigenvalue weighted by atomic mass is 16.6. The first-order valence-corrected chi connectivity index (χ1v) is 6.66. The summed E-state index contributed by atoms with van der Waals surface area (Å²) in [5, 5.41) is 0. The second-order valence-electron chi connectivity index (χ2n) is 4.22. The molecule has 0 bridgehead atoms. The summed E-state index contributed by atoms with van der Waals surface area (Å²) in [6.07, 6.45) is 3.36. The fourth-order valence-corrected chi connectivity index (χ4v) is 1.64. The van der Waals surface area contributed by atoms with Crippen molar-refractivity contribution in [2.75, 3.05) is 40.1 Å². The lowest BCUT2D eigenvalue weighted by molar-refractivity contribution is -0.145. The third-order valence-corrected chi connectivity index (χ3v) is 2.83. The van der Waals surface area contributed by atoms with Crippen molar-refractivity contribution in [3.8, 4) is 0 Å². The molecule has 0 aliphatic heterocycles. The van der Waals surface area contributed by atoms with Gasteiger partial charge in [-0.25, -0.2) is 0 Å². The minimum absolute atomic E-state index is 0.152. The molecule has 0 aromatic rings. The molecule has 0 saturated carbocycles. The molecule has 0 aliphatic carbocycles. The van der Waals surface area contributed by atoms with Gasteiger partial charge in [0.15, 0.2) is 0 Å². The molecule has 0 aromatic carbocycles. The van der Waals surface area contributed by atoms with Gasteiger partial charge in [-0.1, -0.05) is 13.3 Å². The van der Waals surface area contributed by atoms with Crippen molar-refractivity contribution in [2.45, 2.75) is 32.6 Å². The maximum absolute atomic E-state index is 11.4. The van der Waals surface area contributed by atoms with E-state index in [2.05, 4.69) is 6.92 Å². The fourth-order valence-electron chi connectivity index (χ4n) is 1.64. The van der Waals surface area contributed by atoms with Crippen LogP contribution in [-0.4, -0.2) is 46.1 Å². The van der Waals surface area contributed by atoms with Gasteiger partial charge in [-0.2, -0.15) is 0 Å². The lowest BCUT2D eigenvalue weighted by atomic mass is 9.97. The third-order valence-electron chi connectivity index (χ3n) is 2.83. The number of hydrogen-bond donors (Lipinski definition) is 1. The molecule has 5 nitrogen and oxygen atoms in total. The molecular weight excluding hydrogens is 234 g/mol. The van der Waals surface area contributed by atoms with E-state index in [1.807, 2.05) is 0 Å². The van der Waals surface area contributed by atoms with Crippen molar-refractivity contribution in [3.63, 3.8) is 0 Å². The zero-order valence-electron chi connectivity index (χ0n) is 11.7. The van der Waals surface area contributed by atoms with Crippen LogP contribution < -0.4 is 5.73 Å². The highest BCUT2D eigenvalue weighted by molar-refractivity contribution is 5.69. The van der Waals surface area contributed by atoms with Crippen molar-refractivity contribution in [3.05, 3.63) is 0 Å². The van der Waals surface area contributed by atoms with Crippen molar-refractivity contribution in [1.29, 1.82) is 0 Å². The van der Waals surface area contributed by atoms with Gasteiger partial charge in [-0.3, -0.25) is 4.79 Å². The van der Waals surface area contributed by atoms with Gasteiger partial charge in [-0.05, 0) is 25.3 Å². The van der Waals surface area contributed by atoms with Crippen LogP contribution >= 0.6 is 0 Å². The van der Waals surface area contributed by atoms with E-state index in [1.54, 1.807) is 7.11 Å². The van der Waals surface area contributed by atoms with Crippen LogP contribution in [0.5, 0.6) is 0 Å². The summed E-state index contributed by atoms with van der Waals surface area (Å²) in [7, 11) is 1.62. The smallest absolute Gasteiger partial charge is 0.305 e. The van der Waals surface area contributed by atoms with Crippen molar-refractivity contribution < 1.29 is 19.0 Å². The normalized spacial score (nSPS) is 12.4. The number of ether oxygens (including phenoxy) is 3. The summed E-state index contributed by atoms with van der Waals surface area (Å²) in [4.78, 5) is 11.4. The second kappa shape index (κ2) is 12.8. The van der Waals surface area contributed by atoms with Gasteiger partial charge in [0, 0.05) is 13.5 Å². The lowest BCUT2D eigenvalue weighted by Crippen LogP contribution is -2.14. The van der Waals surface area contributed by atoms with Gasteiger partial charge in [0.2, 0.25) is 0 Å². The van der Waals surface area contributed by atoms with E-state index < -0.39 is 0 Å². The van der Waals surface area contributed by atoms with E-state index >= 15 is 0 Å². The Balaban J connectivity index is 3.41. The number of carbonyl (C=O) groups excluding carboxylic acids is 1. The SMILES string of the molecule is CCC(CCN)CCC(=O)OCCOCCOC. The van der Waals surface area contributed by atoms with Crippen molar-refractivity contribution in [1.82, 2.24) is 0 Å². The van der Waals surface area contributed by atoms with Gasteiger partial charge in [0.05, 0.1) is 19.8 Å². The summed E-state index contributed by atoms with van der Waals surface area (Å²) in [5.41, 5.74) is 5.51. The summed E-state index contributed by atoms with van der Waals surface area (Å²) in [6.45, 7) is 4.63. The first-order valence-electron chi connectivity index (χ1n) is 6.66. The molecule has 0 rings (SSSR count). The Morgan fingerprint density at radius 1 is 1.17 bits per heavy atom. The van der Waals surface area contributed by atoms with Gasteiger partial charge in [-0.15, -0.1) is 0 Å². The van der Waals surface area contributed by atoms with Crippen LogP contribution in [0.15, 0.2) is 0 Å². The van der Waals surface area contributed by atoms with E-state index in [9.17, 15) is 4.79 Å². The monoisotopic (exact) mass is 261 g/mol. The Labute approximate surface area is 110 Å². The summed E-state index contributed by atoms with van der Waals surface area (Å²) in [5.74, 6) is 0.376. The van der Waals surface area contributed by atoms with E-state index in [1.165, 1.54) is 0 Å². The van der Waals surface area contributed by atoms with Gasteiger partial charge < -0.3 is 19.9 Å². The Morgan fingerprint density at radius 2 is 1.89 bits per heavy atom. The molecule has 1 atom stereocenters. The molecule has 18 heavy (non-hydrogen) atoms. The topological polar surface area (TPSA) is 70.8 Å². The predicted molar refractivity (Wildman–Crippen MR) is 70.3 cm³/mol. The van der Waals surface area contributed by atoms with E-state index in [0.29, 0.717) is 45.3 Å². The average Bonchev–Trinajstić information content (AvgIpc) is 2.38. The number of methoxy groups -OCH3 is 1. The molecule has 0 saturated heterocycles. The first kappa shape index (κ1) is 17.4. The lowest BCUT2D eigenvalue weighted by Gasteiger charge is -2.12. The van der Waals surface area contributed by atoms with Crippen LogP contribution in [0.3, 0.4) is 0 Å². The number of nitrogens with two attached hydrogens (primary N) is 1. The average molecular weight is 261 g/mol. The van der Waals surface area contributed by atoms with E-state index in [0.717, 1.165) is 19.3 Å². The van der Waals surface area contributed by atoms with Gasteiger partial charge in [0.1, 0.15) is 6.61 Å². The molecule has 0 fully saturated rings. The number of esters is 1. The molecule has 0 heterocycles. The highest BCUT2D eigenvalue weighted by Crippen LogP contribution is 2.14. The van der Waals surface area contributed by atoms with Crippen LogP contribution in [0, 0.1) is 5.92 Å². The highest BCUT2D eigenvalue weighted by Gasteiger charge is 2.09. The van der Waals surface area contributed by atoms with Crippen molar-refractivity contribution in [2.24, 2.45) is 11.7 Å². The first-order chi connectivity index (χ1) is 8.74. The number of carbonyl (C=O) groups is 1. The molecule has 0 amide bonds. The van der Waals surface area contributed by atoms with Crippen LogP contribution in [0.25, 0.3) is 0 Å². The van der Waals surface area contributed by atoms with Gasteiger partial charge >= 0.3 is 5.97 Å². The van der Waals surface area contributed by atoms with Gasteiger partial charge in [0.25, 0.3) is 0 Å². The molecule has 2 N–H and O–H groups in total. The number of hydrogen-bond acceptors (Lipinski definition) is 5. The Kier molecular flexibility index (Phi) is 12.3. The Bertz CT molecular complexity index is 199. The van der Waals surface area contributed by atoms with E-state index in [-0.39, 0.29) is 5.97 Å². The van der Waals surface area contributed by atoms with Crippen LogP contribution in [0.2, 0.25) is 0 Å². The third kappa shape index (κ3) is 10.5. The van der Waals surface area contributed by atoms with Crippen LogP contribution in [0.1, 0.15) is 32.6 Å². The maximum atomic E-state index is 11.4.